The number of aromatic nitrogens is 1. The Morgan fingerprint density at radius 3 is 2.56 bits per heavy atom. The number of hydrogen-bond acceptors (Lipinski definition) is 12. The van der Waals surface area contributed by atoms with Crippen molar-refractivity contribution in [1.82, 2.24) is 14.6 Å². The van der Waals surface area contributed by atoms with Crippen LogP contribution in [0.25, 0.3) is 0 Å². The lowest BCUT2D eigenvalue weighted by Gasteiger charge is -2.43. The molecule has 3 amide bonds. The standard InChI is InChI=1S/C13H16ClN5O10S3/c1-28-18-9(6-5-30-13(15-6)16-8(20)3-14)11(21)17-10-7(4-29-31(2,23)24)19(12(10)22)32(25,26)27/h5,7,10H,3-4H2,1-2H3,(H,17,21)(H,15,16,20)(H,25,26,27)/t7-,10+/m0/s1. The maximum atomic E-state index is 12.7. The lowest BCUT2D eigenvalue weighted by Crippen LogP contribution is -2.73. The van der Waals surface area contributed by atoms with E-state index in [1.54, 1.807) is 0 Å². The highest BCUT2D eigenvalue weighted by atomic mass is 35.5. The Labute approximate surface area is 190 Å². The van der Waals surface area contributed by atoms with Gasteiger partial charge in [-0.3, -0.25) is 23.1 Å². The summed E-state index contributed by atoms with van der Waals surface area (Å²) in [4.78, 5) is 44.8. The minimum absolute atomic E-state index is 0.0289. The number of alkyl halides is 1. The third kappa shape index (κ3) is 6.33. The molecule has 0 aromatic carbocycles. The summed E-state index contributed by atoms with van der Waals surface area (Å²) in [5.41, 5.74) is -0.516. The van der Waals surface area contributed by atoms with Crippen LogP contribution in [0.4, 0.5) is 5.13 Å². The van der Waals surface area contributed by atoms with Gasteiger partial charge in [0.05, 0.1) is 12.9 Å². The lowest BCUT2D eigenvalue weighted by molar-refractivity contribution is -0.146. The first-order valence-corrected chi connectivity index (χ1v) is 12.8. The van der Waals surface area contributed by atoms with E-state index in [1.165, 1.54) is 5.38 Å². The smallest absolute Gasteiger partial charge is 0.362 e. The number of nitrogens with zero attached hydrogens (tertiary/aromatic N) is 3. The first-order chi connectivity index (χ1) is 14.8. The van der Waals surface area contributed by atoms with Gasteiger partial charge in [0, 0.05) is 5.38 Å². The van der Waals surface area contributed by atoms with E-state index in [0.717, 1.165) is 18.4 Å². The summed E-state index contributed by atoms with van der Waals surface area (Å²) in [6.07, 6.45) is 0.686. The van der Waals surface area contributed by atoms with Crippen LogP contribution in [0.15, 0.2) is 10.5 Å². The van der Waals surface area contributed by atoms with Crippen molar-refractivity contribution in [3.05, 3.63) is 11.1 Å². The summed E-state index contributed by atoms with van der Waals surface area (Å²) >= 11 is 6.32. The highest BCUT2D eigenvalue weighted by Gasteiger charge is 2.54. The van der Waals surface area contributed by atoms with Gasteiger partial charge in [-0.25, -0.2) is 9.29 Å². The number of carbonyl (C=O) groups is 3. The van der Waals surface area contributed by atoms with Crippen molar-refractivity contribution in [2.75, 3.05) is 31.2 Å². The Hall–Kier alpha value is -2.38. The molecule has 32 heavy (non-hydrogen) atoms. The van der Waals surface area contributed by atoms with E-state index >= 15 is 0 Å². The molecule has 1 aromatic rings. The molecule has 1 aliphatic rings. The molecule has 1 fully saturated rings. The molecule has 0 aliphatic carbocycles. The van der Waals surface area contributed by atoms with E-state index in [0.29, 0.717) is 6.26 Å². The summed E-state index contributed by atoms with van der Waals surface area (Å²) < 4.78 is 58.9. The average Bonchev–Trinajstić information content (AvgIpc) is 3.12. The molecule has 1 aliphatic heterocycles. The molecule has 1 aromatic heterocycles. The quantitative estimate of drug-likeness (QED) is 0.0757. The molecule has 0 bridgehead atoms. The van der Waals surface area contributed by atoms with Gasteiger partial charge in [-0.2, -0.15) is 16.8 Å². The largest absolute Gasteiger partial charge is 0.398 e. The number of halogens is 1. The maximum Gasteiger partial charge on any atom is 0.362 e. The molecule has 2 rings (SSSR count). The van der Waals surface area contributed by atoms with Gasteiger partial charge in [0.25, 0.3) is 21.9 Å². The van der Waals surface area contributed by atoms with E-state index in [-0.39, 0.29) is 21.0 Å². The molecule has 2 atom stereocenters. The van der Waals surface area contributed by atoms with E-state index < -0.39 is 62.5 Å². The van der Waals surface area contributed by atoms with Crippen LogP contribution in [0.1, 0.15) is 5.69 Å². The van der Waals surface area contributed by atoms with Crippen molar-refractivity contribution in [3.8, 4) is 0 Å². The van der Waals surface area contributed by atoms with Gasteiger partial charge in [-0.05, 0) is 0 Å². The number of anilines is 1. The normalized spacial score (nSPS) is 19.3. The van der Waals surface area contributed by atoms with Crippen molar-refractivity contribution < 1.29 is 44.8 Å². The van der Waals surface area contributed by atoms with Gasteiger partial charge in [0.15, 0.2) is 10.8 Å². The fourth-order valence-corrected chi connectivity index (χ4v) is 4.45. The molecule has 0 unspecified atom stereocenters. The Balaban J connectivity index is 2.23. The lowest BCUT2D eigenvalue weighted by atomic mass is 9.99. The number of oxime groups is 1. The Morgan fingerprint density at radius 2 is 2.03 bits per heavy atom. The van der Waals surface area contributed by atoms with Crippen LogP contribution in [0.5, 0.6) is 0 Å². The second-order valence-electron chi connectivity index (χ2n) is 5.96. The second kappa shape index (κ2) is 10.0. The van der Waals surface area contributed by atoms with E-state index in [2.05, 4.69) is 29.8 Å². The minimum Gasteiger partial charge on any atom is -0.398 e. The predicted octanol–water partition coefficient (Wildman–Crippen LogP) is -1.85. The zero-order chi connectivity index (χ0) is 24.3. The van der Waals surface area contributed by atoms with Gasteiger partial charge in [-0.1, -0.05) is 5.16 Å². The van der Waals surface area contributed by atoms with E-state index in [1.807, 2.05) is 0 Å². The van der Waals surface area contributed by atoms with Crippen LogP contribution in [-0.4, -0.2) is 92.0 Å². The summed E-state index contributed by atoms with van der Waals surface area (Å²) in [5, 5.41) is 9.45. The van der Waals surface area contributed by atoms with Gasteiger partial charge < -0.3 is 15.5 Å². The van der Waals surface area contributed by atoms with Gasteiger partial charge >= 0.3 is 10.3 Å². The molecular weight excluding hydrogens is 518 g/mol. The zero-order valence-electron chi connectivity index (χ0n) is 16.2. The summed E-state index contributed by atoms with van der Waals surface area (Å²) in [6.45, 7) is -0.864. The molecule has 3 N–H and O–H groups in total. The Bertz CT molecular complexity index is 1150. The molecule has 0 saturated carbocycles. The number of nitrogens with one attached hydrogen (secondary N) is 2. The molecular formula is C13H16ClN5O10S3. The first-order valence-electron chi connectivity index (χ1n) is 8.17. The minimum atomic E-state index is -5.05. The maximum absolute atomic E-state index is 12.7. The molecule has 19 heteroatoms. The Kier molecular flexibility index (Phi) is 8.12. The van der Waals surface area contributed by atoms with Gasteiger partial charge in [0.1, 0.15) is 30.8 Å². The zero-order valence-corrected chi connectivity index (χ0v) is 19.4. The van der Waals surface area contributed by atoms with Crippen LogP contribution in [-0.2, 0) is 43.8 Å². The number of amides is 3. The average molecular weight is 534 g/mol. The highest BCUT2D eigenvalue weighted by Crippen LogP contribution is 2.25. The van der Waals surface area contributed by atoms with Gasteiger partial charge in [-0.15, -0.1) is 22.9 Å². The number of β-lactam (4-membered cyclic amide) rings is 1. The molecule has 0 radical (unpaired) electrons. The van der Waals surface area contributed by atoms with E-state index in [4.69, 9.17) is 11.6 Å². The van der Waals surface area contributed by atoms with Crippen LogP contribution in [0.2, 0.25) is 0 Å². The first kappa shape index (κ1) is 25.9. The Morgan fingerprint density at radius 1 is 1.38 bits per heavy atom. The van der Waals surface area contributed by atoms with Crippen molar-refractivity contribution in [1.29, 1.82) is 0 Å². The topological polar surface area (TPSA) is 211 Å². The third-order valence-electron chi connectivity index (χ3n) is 3.67. The molecule has 15 nitrogen and oxygen atoms in total. The fraction of sp³-hybridized carbons (Fsp3) is 0.462. The van der Waals surface area contributed by atoms with Crippen molar-refractivity contribution in [2.45, 2.75) is 12.1 Å². The monoisotopic (exact) mass is 533 g/mol. The van der Waals surface area contributed by atoms with Crippen LogP contribution >= 0.6 is 22.9 Å². The SMILES string of the molecule is CON=C(C(=O)N[C@H]1C(=O)N(S(=O)(=O)O)[C@H]1COS(C)(=O)=O)c1csc(NC(=O)CCl)n1. The van der Waals surface area contributed by atoms with Crippen LogP contribution in [0, 0.1) is 0 Å². The third-order valence-corrected chi connectivity index (χ3v) is 6.18. The predicted molar refractivity (Wildman–Crippen MR) is 110 cm³/mol. The molecule has 1 saturated heterocycles. The van der Waals surface area contributed by atoms with Gasteiger partial charge in [0.2, 0.25) is 5.91 Å². The number of rotatable bonds is 10. The summed E-state index contributed by atoms with van der Waals surface area (Å²) in [7, 11) is -7.97. The number of thiazole rings is 1. The number of carbonyl (C=O) groups excluding carboxylic acids is 3. The molecule has 0 spiro atoms. The van der Waals surface area contributed by atoms with Crippen molar-refractivity contribution >= 4 is 71.9 Å². The van der Waals surface area contributed by atoms with E-state index in [9.17, 15) is 35.8 Å². The summed E-state index contributed by atoms with van der Waals surface area (Å²) in [5.74, 6) is -3.18. The van der Waals surface area contributed by atoms with Crippen LogP contribution < -0.4 is 10.6 Å². The van der Waals surface area contributed by atoms with Crippen LogP contribution in [0.3, 0.4) is 0 Å². The summed E-state index contributed by atoms with van der Waals surface area (Å²) in [6, 6.07) is -3.14. The van der Waals surface area contributed by atoms with Crippen molar-refractivity contribution in [3.63, 3.8) is 0 Å². The second-order valence-corrected chi connectivity index (χ2v) is 10.0. The number of hydrogen-bond donors (Lipinski definition) is 3. The van der Waals surface area contributed by atoms with Crippen molar-refractivity contribution in [2.24, 2.45) is 5.16 Å². The molecule has 178 valence electrons. The molecule has 2 heterocycles. The fourth-order valence-electron chi connectivity index (χ4n) is 2.42. The highest BCUT2D eigenvalue weighted by molar-refractivity contribution is 7.86.